The van der Waals surface area contributed by atoms with Crippen LogP contribution in [0.5, 0.6) is 0 Å². The first-order valence-electron chi connectivity index (χ1n) is 18.4. The fraction of sp³-hybridized carbons (Fsp3) is 0.500. The summed E-state index contributed by atoms with van der Waals surface area (Å²) in [6, 6.07) is 21.0. The molecule has 0 radical (unpaired) electrons. The third-order valence-corrected chi connectivity index (χ3v) is 7.76. The topological polar surface area (TPSA) is 132 Å². The van der Waals surface area contributed by atoms with Crippen molar-refractivity contribution in [2.24, 2.45) is 29.0 Å². The van der Waals surface area contributed by atoms with E-state index in [2.05, 4.69) is 131 Å². The standard InChI is InChI=1S/C29H49N7.C7H8.C4H10.C2H5N/c1-5-12-27(23(2)21-26-13-7-6-8-14-26)33-22-24(3)34-28(15-9-10-16-30)25(4)35-17-11-18-36(20-19-35)29(31)32;1-7-5-3-2-4-6-7;1-4(2)3;1-2-3/h6-8,12-14,23,28,33-34H,3-5,9-11,15-22,30H2,1-2H3,(H3,31,32);2-6H,1H3;4H,1-3H3;2H,1,3H2. The van der Waals surface area contributed by atoms with Gasteiger partial charge in [-0.05, 0) is 75.6 Å². The number of nitrogens with two attached hydrogens (primary N) is 3. The summed E-state index contributed by atoms with van der Waals surface area (Å²) in [6.45, 7) is 29.7. The molecule has 0 aromatic heterocycles. The SMILES string of the molecule is C=C(CNC(=CCC)C(C)Cc1ccccc1)NC(CCCCN)C(=C)N1CCCN(C(=N)N)CC1.C=CN.CC(C)C.Cc1ccccc1. The molecule has 0 bridgehead atoms. The van der Waals surface area contributed by atoms with Gasteiger partial charge >= 0.3 is 0 Å². The smallest absolute Gasteiger partial charge is 0.188 e. The van der Waals surface area contributed by atoms with Gasteiger partial charge in [-0.15, -0.1) is 0 Å². The fourth-order valence-electron chi connectivity index (χ4n) is 5.27. The number of nitrogens with one attached hydrogen (secondary N) is 3. The van der Waals surface area contributed by atoms with E-state index < -0.39 is 0 Å². The predicted octanol–water partition coefficient (Wildman–Crippen LogP) is 7.51. The Kier molecular flexibility index (Phi) is 26.3. The number of hydrogen-bond donors (Lipinski definition) is 6. The van der Waals surface area contributed by atoms with Crippen LogP contribution in [0.4, 0.5) is 0 Å². The van der Waals surface area contributed by atoms with Gasteiger partial charge in [-0.1, -0.05) is 127 Å². The van der Waals surface area contributed by atoms with Crippen molar-refractivity contribution in [3.8, 4) is 0 Å². The quantitative estimate of drug-likeness (QED) is 0.0648. The van der Waals surface area contributed by atoms with Gasteiger partial charge in [0.2, 0.25) is 0 Å². The number of nitrogens with zero attached hydrogens (tertiary/aromatic N) is 2. The third kappa shape index (κ3) is 22.5. The Balaban J connectivity index is 0.00000143. The molecule has 1 aliphatic rings. The Morgan fingerprint density at radius 3 is 1.96 bits per heavy atom. The molecule has 1 heterocycles. The lowest BCUT2D eigenvalue weighted by Crippen LogP contribution is -2.42. The molecule has 8 heteroatoms. The second-order valence-electron chi connectivity index (χ2n) is 13.4. The zero-order valence-electron chi connectivity index (χ0n) is 32.4. The van der Waals surface area contributed by atoms with E-state index in [4.69, 9.17) is 16.9 Å². The molecule has 0 saturated carbocycles. The number of guanidine groups is 1. The summed E-state index contributed by atoms with van der Waals surface area (Å²) >= 11 is 0. The van der Waals surface area contributed by atoms with Gasteiger partial charge in [-0.25, -0.2) is 0 Å². The lowest BCUT2D eigenvalue weighted by molar-refractivity contribution is 0.316. The summed E-state index contributed by atoms with van der Waals surface area (Å²) in [7, 11) is 0. The second-order valence-corrected chi connectivity index (χ2v) is 13.4. The molecular formula is C42H72N8. The molecule has 1 aliphatic heterocycles. The van der Waals surface area contributed by atoms with Crippen molar-refractivity contribution >= 4 is 5.96 Å². The summed E-state index contributed by atoms with van der Waals surface area (Å²) in [5.41, 5.74) is 22.1. The molecule has 0 amide bonds. The molecule has 2 unspecified atom stereocenters. The second kappa shape index (κ2) is 28.6. The first kappa shape index (κ1) is 45.8. The Morgan fingerprint density at radius 2 is 1.46 bits per heavy atom. The highest BCUT2D eigenvalue weighted by atomic mass is 15.3. The largest absolute Gasteiger partial charge is 0.405 e. The number of hydrogen-bond acceptors (Lipinski definition) is 6. The van der Waals surface area contributed by atoms with E-state index in [1.54, 1.807) is 0 Å². The van der Waals surface area contributed by atoms with Gasteiger partial charge in [0.25, 0.3) is 0 Å². The Hall–Kier alpha value is -4.17. The Morgan fingerprint density at radius 1 is 0.920 bits per heavy atom. The maximum Gasteiger partial charge on any atom is 0.188 e. The summed E-state index contributed by atoms with van der Waals surface area (Å²) < 4.78 is 0. The van der Waals surface area contributed by atoms with Crippen LogP contribution < -0.4 is 27.8 Å². The highest BCUT2D eigenvalue weighted by molar-refractivity contribution is 5.74. The number of aryl methyl sites for hydroxylation is 1. The molecule has 2 aromatic carbocycles. The van der Waals surface area contributed by atoms with E-state index in [-0.39, 0.29) is 12.0 Å². The van der Waals surface area contributed by atoms with E-state index >= 15 is 0 Å². The van der Waals surface area contributed by atoms with Gasteiger partial charge in [0.15, 0.2) is 5.96 Å². The molecule has 50 heavy (non-hydrogen) atoms. The monoisotopic (exact) mass is 689 g/mol. The summed E-state index contributed by atoms with van der Waals surface area (Å²) in [4.78, 5) is 4.28. The number of benzene rings is 2. The van der Waals surface area contributed by atoms with Crippen LogP contribution in [-0.4, -0.2) is 61.1 Å². The molecule has 2 aromatic rings. The van der Waals surface area contributed by atoms with Crippen molar-refractivity contribution in [3.63, 3.8) is 0 Å². The molecule has 2 atom stereocenters. The summed E-state index contributed by atoms with van der Waals surface area (Å²) in [5, 5.41) is 15.1. The fourth-order valence-corrected chi connectivity index (χ4v) is 5.27. The van der Waals surface area contributed by atoms with Crippen LogP contribution in [0, 0.1) is 24.2 Å². The van der Waals surface area contributed by atoms with Crippen molar-refractivity contribution in [2.45, 2.75) is 86.1 Å². The van der Waals surface area contributed by atoms with Crippen LogP contribution in [0.2, 0.25) is 0 Å². The van der Waals surface area contributed by atoms with E-state index in [9.17, 15) is 0 Å². The minimum atomic E-state index is 0.107. The number of allylic oxidation sites excluding steroid dienone is 2. The van der Waals surface area contributed by atoms with Gasteiger partial charge in [0.05, 0.1) is 12.6 Å². The molecule has 9 N–H and O–H groups in total. The zero-order valence-corrected chi connectivity index (χ0v) is 32.4. The van der Waals surface area contributed by atoms with Gasteiger partial charge in [0.1, 0.15) is 0 Å². The van der Waals surface area contributed by atoms with Crippen molar-refractivity contribution < 1.29 is 0 Å². The van der Waals surface area contributed by atoms with E-state index in [1.807, 2.05) is 23.1 Å². The van der Waals surface area contributed by atoms with Gasteiger partial charge in [0, 0.05) is 43.3 Å². The highest BCUT2D eigenvalue weighted by Crippen LogP contribution is 2.19. The third-order valence-electron chi connectivity index (χ3n) is 7.76. The van der Waals surface area contributed by atoms with Crippen LogP contribution in [0.25, 0.3) is 0 Å². The lowest BCUT2D eigenvalue weighted by atomic mass is 9.97. The summed E-state index contributed by atoms with van der Waals surface area (Å²) in [6.07, 6.45) is 9.49. The van der Waals surface area contributed by atoms with Gasteiger partial charge in [-0.3, -0.25) is 5.41 Å². The molecule has 3 rings (SSSR count). The molecule has 0 spiro atoms. The number of unbranched alkanes of at least 4 members (excludes halogenated alkanes) is 1. The molecule has 1 fully saturated rings. The molecule has 8 nitrogen and oxygen atoms in total. The maximum absolute atomic E-state index is 7.77. The average Bonchev–Trinajstić information content (AvgIpc) is 3.34. The zero-order chi connectivity index (χ0) is 37.7. The van der Waals surface area contributed by atoms with Crippen LogP contribution in [0.15, 0.2) is 110 Å². The van der Waals surface area contributed by atoms with Crippen LogP contribution in [0.3, 0.4) is 0 Å². The predicted molar refractivity (Wildman–Crippen MR) is 220 cm³/mol. The van der Waals surface area contributed by atoms with Crippen molar-refractivity contribution in [2.75, 3.05) is 39.3 Å². The molecular weight excluding hydrogens is 617 g/mol. The van der Waals surface area contributed by atoms with E-state index in [0.717, 1.165) is 82.0 Å². The van der Waals surface area contributed by atoms with Crippen LogP contribution in [-0.2, 0) is 6.42 Å². The van der Waals surface area contributed by atoms with Crippen LogP contribution in [0.1, 0.15) is 77.8 Å². The van der Waals surface area contributed by atoms with Gasteiger partial charge in [-0.2, -0.15) is 0 Å². The van der Waals surface area contributed by atoms with Crippen molar-refractivity contribution in [1.82, 2.24) is 20.4 Å². The highest BCUT2D eigenvalue weighted by Gasteiger charge is 2.22. The van der Waals surface area contributed by atoms with Crippen molar-refractivity contribution in [3.05, 3.63) is 121 Å². The first-order chi connectivity index (χ1) is 23.9. The minimum absolute atomic E-state index is 0.107. The van der Waals surface area contributed by atoms with E-state index in [1.165, 1.54) is 23.0 Å². The van der Waals surface area contributed by atoms with Gasteiger partial charge < -0.3 is 37.6 Å². The summed E-state index contributed by atoms with van der Waals surface area (Å²) in [5.74, 6) is 1.38. The Labute approximate surface area is 306 Å². The first-order valence-corrected chi connectivity index (χ1v) is 18.4. The molecule has 0 aliphatic carbocycles. The molecule has 1 saturated heterocycles. The average molecular weight is 689 g/mol. The van der Waals surface area contributed by atoms with E-state index in [0.29, 0.717) is 19.0 Å². The Bertz CT molecular complexity index is 1210. The lowest BCUT2D eigenvalue weighted by Gasteiger charge is -2.33. The minimum Gasteiger partial charge on any atom is -0.405 e. The molecule has 280 valence electrons. The van der Waals surface area contributed by atoms with Crippen molar-refractivity contribution in [1.29, 1.82) is 5.41 Å². The normalized spacial score (nSPS) is 13.8. The maximum atomic E-state index is 7.77. The van der Waals surface area contributed by atoms with Crippen LogP contribution >= 0.6 is 0 Å². The number of rotatable bonds is 15.